The highest BCUT2D eigenvalue weighted by atomic mass is 35.5. The van der Waals surface area contributed by atoms with Gasteiger partial charge in [-0.15, -0.1) is 0 Å². The molecule has 0 spiro atoms. The number of benzene rings is 3. The number of anilines is 1. The first-order valence-electron chi connectivity index (χ1n) is 13.5. The minimum Gasteiger partial charge on any atom is -0.491 e. The molecule has 0 aliphatic carbocycles. The Morgan fingerprint density at radius 3 is 2.53 bits per heavy atom. The Balaban J connectivity index is 1.27. The molecule has 3 aromatic carbocycles. The van der Waals surface area contributed by atoms with Gasteiger partial charge >= 0.3 is 0 Å². The quantitative estimate of drug-likeness (QED) is 0.276. The van der Waals surface area contributed by atoms with Crippen LogP contribution in [0.3, 0.4) is 0 Å². The van der Waals surface area contributed by atoms with Crippen LogP contribution < -0.4 is 9.64 Å². The topological polar surface area (TPSA) is 34.2 Å². The van der Waals surface area contributed by atoms with Gasteiger partial charge in [-0.05, 0) is 61.6 Å². The van der Waals surface area contributed by atoms with E-state index in [1.54, 1.807) is 0 Å². The molecule has 202 valence electrons. The Morgan fingerprint density at radius 2 is 1.79 bits per heavy atom. The third kappa shape index (κ3) is 7.22. The zero-order valence-electron chi connectivity index (χ0n) is 21.9. The van der Waals surface area contributed by atoms with Crippen molar-refractivity contribution in [2.45, 2.75) is 51.2 Å². The fourth-order valence-corrected chi connectivity index (χ4v) is 5.63. The summed E-state index contributed by atoms with van der Waals surface area (Å²) >= 11 is 13.1. The number of halogens is 2. The van der Waals surface area contributed by atoms with Crippen LogP contribution >= 0.6 is 23.2 Å². The van der Waals surface area contributed by atoms with E-state index in [1.807, 2.05) is 31.2 Å². The molecule has 5 nitrogen and oxygen atoms in total. The lowest BCUT2D eigenvalue weighted by Gasteiger charge is -2.43. The van der Waals surface area contributed by atoms with Gasteiger partial charge in [-0.1, -0.05) is 65.7 Å². The van der Waals surface area contributed by atoms with Crippen LogP contribution in [0.25, 0.3) is 0 Å². The molecule has 2 aliphatic rings. The van der Waals surface area contributed by atoms with E-state index >= 15 is 0 Å². The van der Waals surface area contributed by atoms with Crippen molar-refractivity contribution in [1.82, 2.24) is 4.90 Å². The fourth-order valence-electron chi connectivity index (χ4n) is 5.22. The van der Waals surface area contributed by atoms with E-state index in [2.05, 4.69) is 58.3 Å². The zero-order chi connectivity index (χ0) is 26.3. The molecule has 0 aromatic heterocycles. The Labute approximate surface area is 236 Å². The van der Waals surface area contributed by atoms with Gasteiger partial charge in [0.05, 0.1) is 22.9 Å². The molecule has 3 aromatic rings. The normalized spacial score (nSPS) is 21.3. The highest BCUT2D eigenvalue weighted by Crippen LogP contribution is 2.37. The monoisotopic (exact) mass is 554 g/mol. The minimum atomic E-state index is -0.126. The highest BCUT2D eigenvalue weighted by molar-refractivity contribution is 6.33. The molecule has 5 rings (SSSR count). The first kappa shape index (κ1) is 27.3. The van der Waals surface area contributed by atoms with Gasteiger partial charge in [0.25, 0.3) is 0 Å². The van der Waals surface area contributed by atoms with Gasteiger partial charge in [-0.25, -0.2) is 0 Å². The van der Waals surface area contributed by atoms with Crippen molar-refractivity contribution in [3.05, 3.63) is 94.0 Å². The van der Waals surface area contributed by atoms with Gasteiger partial charge in [0.15, 0.2) is 6.29 Å². The van der Waals surface area contributed by atoms with Crippen molar-refractivity contribution < 1.29 is 14.2 Å². The lowest BCUT2D eigenvalue weighted by molar-refractivity contribution is -0.189. The number of ether oxygens (including phenoxy) is 3. The van der Waals surface area contributed by atoms with Crippen molar-refractivity contribution in [1.29, 1.82) is 0 Å². The molecule has 2 fully saturated rings. The Kier molecular flexibility index (Phi) is 9.47. The summed E-state index contributed by atoms with van der Waals surface area (Å²) in [6.07, 6.45) is 3.00. The van der Waals surface area contributed by atoms with Crippen LogP contribution in [-0.2, 0) is 16.0 Å². The van der Waals surface area contributed by atoms with E-state index in [4.69, 9.17) is 37.4 Å². The maximum absolute atomic E-state index is 6.87. The van der Waals surface area contributed by atoms with Crippen LogP contribution in [0.2, 0.25) is 10.0 Å². The molecule has 0 amide bonds. The number of hydrogen-bond donors (Lipinski definition) is 0. The van der Waals surface area contributed by atoms with Crippen LogP contribution in [0.4, 0.5) is 5.69 Å². The van der Waals surface area contributed by atoms with Gasteiger partial charge in [0.2, 0.25) is 0 Å². The van der Waals surface area contributed by atoms with Crippen LogP contribution in [0, 0.1) is 0 Å². The van der Waals surface area contributed by atoms with Gasteiger partial charge in [-0.2, -0.15) is 0 Å². The average molecular weight is 556 g/mol. The Hall–Kier alpha value is -2.28. The molecule has 0 saturated carbocycles. The van der Waals surface area contributed by atoms with Crippen molar-refractivity contribution >= 4 is 28.9 Å². The van der Waals surface area contributed by atoms with Gasteiger partial charge in [0.1, 0.15) is 12.4 Å². The number of piperazine rings is 1. The first-order chi connectivity index (χ1) is 18.5. The maximum Gasteiger partial charge on any atom is 0.158 e. The molecule has 38 heavy (non-hydrogen) atoms. The predicted octanol–water partition coefficient (Wildman–Crippen LogP) is 7.37. The van der Waals surface area contributed by atoms with E-state index in [1.165, 1.54) is 11.1 Å². The third-order valence-electron chi connectivity index (χ3n) is 7.20. The van der Waals surface area contributed by atoms with Crippen LogP contribution in [0.5, 0.6) is 5.75 Å². The summed E-state index contributed by atoms with van der Waals surface area (Å²) in [5.74, 6) is 0.740. The van der Waals surface area contributed by atoms with Gasteiger partial charge in [-0.3, -0.25) is 4.90 Å². The summed E-state index contributed by atoms with van der Waals surface area (Å²) in [4.78, 5) is 4.91. The summed E-state index contributed by atoms with van der Waals surface area (Å²) in [5, 5.41) is 1.42. The minimum absolute atomic E-state index is 0.0662. The molecule has 1 unspecified atom stereocenters. The molecule has 0 N–H and O–H groups in total. The van der Waals surface area contributed by atoms with Gasteiger partial charge in [0, 0.05) is 43.9 Å². The van der Waals surface area contributed by atoms with Crippen molar-refractivity contribution in [3.8, 4) is 5.75 Å². The third-order valence-corrected chi connectivity index (χ3v) is 7.76. The second kappa shape index (κ2) is 13.2. The van der Waals surface area contributed by atoms with E-state index in [9.17, 15) is 0 Å². The summed E-state index contributed by atoms with van der Waals surface area (Å²) in [6.45, 7) is 6.86. The molecule has 0 radical (unpaired) electrons. The lowest BCUT2D eigenvalue weighted by Crippen LogP contribution is -2.48. The van der Waals surface area contributed by atoms with E-state index < -0.39 is 0 Å². The fraction of sp³-hybridized carbons (Fsp3) is 0.419. The molecule has 3 atom stereocenters. The highest BCUT2D eigenvalue weighted by Gasteiger charge is 2.30. The second-order valence-electron chi connectivity index (χ2n) is 10.1. The summed E-state index contributed by atoms with van der Waals surface area (Å²) in [6, 6.07) is 24.9. The average Bonchev–Trinajstić information content (AvgIpc) is 2.94. The zero-order valence-corrected chi connectivity index (χ0v) is 23.4. The van der Waals surface area contributed by atoms with E-state index in [0.29, 0.717) is 11.6 Å². The lowest BCUT2D eigenvalue weighted by atomic mass is 10.0. The summed E-state index contributed by atoms with van der Waals surface area (Å²) in [5.41, 5.74) is 3.56. The predicted molar refractivity (Wildman–Crippen MR) is 154 cm³/mol. The molecule has 0 bridgehead atoms. The number of hydrogen-bond acceptors (Lipinski definition) is 5. The Bertz CT molecular complexity index is 1160. The molecular formula is C31H36Cl2N2O3. The van der Waals surface area contributed by atoms with E-state index in [-0.39, 0.29) is 18.4 Å². The van der Waals surface area contributed by atoms with E-state index in [0.717, 1.165) is 68.5 Å². The second-order valence-corrected chi connectivity index (χ2v) is 11.0. The molecular weight excluding hydrogens is 519 g/mol. The maximum atomic E-state index is 6.87. The van der Waals surface area contributed by atoms with Gasteiger partial charge < -0.3 is 19.1 Å². The molecule has 2 aliphatic heterocycles. The largest absolute Gasteiger partial charge is 0.491 e. The molecule has 7 heteroatoms. The first-order valence-corrected chi connectivity index (χ1v) is 14.3. The summed E-state index contributed by atoms with van der Waals surface area (Å²) < 4.78 is 17.7. The number of nitrogens with zero attached hydrogens (tertiary/aromatic N) is 2. The SMILES string of the molecule is C[C@H](COc1ccc(N2CCN(Cc3ccccc3)C[C@H]2c2ccc(Cl)cc2)c(Cl)c1)OC1CCCCO1. The van der Waals surface area contributed by atoms with Crippen LogP contribution in [-0.4, -0.2) is 50.1 Å². The van der Waals surface area contributed by atoms with Crippen molar-refractivity contribution in [2.24, 2.45) is 0 Å². The Morgan fingerprint density at radius 1 is 0.974 bits per heavy atom. The van der Waals surface area contributed by atoms with Crippen LogP contribution in [0.15, 0.2) is 72.8 Å². The van der Waals surface area contributed by atoms with Crippen LogP contribution in [0.1, 0.15) is 43.4 Å². The molecule has 2 saturated heterocycles. The smallest absolute Gasteiger partial charge is 0.158 e. The number of rotatable bonds is 9. The van der Waals surface area contributed by atoms with Crippen molar-refractivity contribution in [3.63, 3.8) is 0 Å². The van der Waals surface area contributed by atoms with Crippen molar-refractivity contribution in [2.75, 3.05) is 37.7 Å². The summed E-state index contributed by atoms with van der Waals surface area (Å²) in [7, 11) is 0. The molecule has 2 heterocycles. The standard InChI is InChI=1S/C31H36Cl2N2O3/c1-23(38-31-9-5-6-18-36-31)22-37-27-14-15-29(28(33)19-27)35-17-16-34(20-24-7-3-2-4-8-24)21-30(35)25-10-12-26(32)13-11-25/h2-4,7-8,10-15,19,23,30-31H,5-6,9,16-18,20-22H2,1H3/t23-,30+,31?/m1/s1.